The van der Waals surface area contributed by atoms with Gasteiger partial charge in [0, 0.05) is 31.0 Å². The molecule has 6 nitrogen and oxygen atoms in total. The van der Waals surface area contributed by atoms with Gasteiger partial charge >= 0.3 is 0 Å². The van der Waals surface area contributed by atoms with Gasteiger partial charge in [0.05, 0.1) is 12.8 Å². The maximum absolute atomic E-state index is 12.4. The van der Waals surface area contributed by atoms with E-state index in [2.05, 4.69) is 24.1 Å². The molecule has 148 valence electrons. The van der Waals surface area contributed by atoms with Crippen LogP contribution in [0.1, 0.15) is 39.7 Å². The highest BCUT2D eigenvalue weighted by Crippen LogP contribution is 2.22. The van der Waals surface area contributed by atoms with E-state index in [1.54, 1.807) is 0 Å². The van der Waals surface area contributed by atoms with E-state index in [0.717, 1.165) is 37.0 Å². The van der Waals surface area contributed by atoms with Crippen LogP contribution in [-0.2, 0) is 14.8 Å². The summed E-state index contributed by atoms with van der Waals surface area (Å²) in [5.74, 6) is 0.0510. The summed E-state index contributed by atoms with van der Waals surface area (Å²) in [4.78, 5) is 14.6. The van der Waals surface area contributed by atoms with Crippen molar-refractivity contribution in [1.82, 2.24) is 4.31 Å². The highest BCUT2D eigenvalue weighted by atomic mass is 32.2. The molecular weight excluding hydrogens is 350 g/mol. The first kappa shape index (κ1) is 22.4. The van der Waals surface area contributed by atoms with Crippen LogP contribution < -0.4 is 10.2 Å². The van der Waals surface area contributed by atoms with Gasteiger partial charge in [-0.25, -0.2) is 8.42 Å². The molecule has 0 radical (unpaired) electrons. The Bertz CT molecular complexity index is 698. The average molecular weight is 384 g/mol. The SMILES string of the molecule is CCN(CC)c1ccc(NC(=O)CN(CCC(C)C)S(C)(=O)=O)c(C)c1. The Morgan fingerprint density at radius 1 is 1.19 bits per heavy atom. The third kappa shape index (κ3) is 6.96. The predicted molar refractivity (Wildman–Crippen MR) is 109 cm³/mol. The molecular formula is C19H33N3O3S. The molecule has 0 bridgehead atoms. The molecule has 7 heteroatoms. The Kier molecular flexibility index (Phi) is 8.56. The summed E-state index contributed by atoms with van der Waals surface area (Å²) in [6.45, 7) is 12.2. The minimum absolute atomic E-state index is 0.164. The fourth-order valence-corrected chi connectivity index (χ4v) is 3.48. The molecule has 1 N–H and O–H groups in total. The molecule has 0 aliphatic heterocycles. The Labute approximate surface area is 158 Å². The number of benzene rings is 1. The zero-order valence-electron chi connectivity index (χ0n) is 16.9. The van der Waals surface area contributed by atoms with Crippen molar-refractivity contribution in [2.45, 2.75) is 41.0 Å². The lowest BCUT2D eigenvalue weighted by atomic mass is 10.1. The van der Waals surface area contributed by atoms with Gasteiger partial charge in [0.2, 0.25) is 15.9 Å². The molecule has 0 heterocycles. The number of aryl methyl sites for hydroxylation is 1. The van der Waals surface area contributed by atoms with Crippen molar-refractivity contribution in [1.29, 1.82) is 0 Å². The molecule has 0 atom stereocenters. The number of anilines is 2. The monoisotopic (exact) mass is 383 g/mol. The molecule has 0 fully saturated rings. The molecule has 0 unspecified atom stereocenters. The summed E-state index contributed by atoms with van der Waals surface area (Å²) in [6, 6.07) is 5.89. The van der Waals surface area contributed by atoms with Crippen molar-refractivity contribution in [2.75, 3.05) is 42.7 Å². The molecule has 0 spiro atoms. The van der Waals surface area contributed by atoms with Crippen LogP contribution in [0.3, 0.4) is 0 Å². The van der Waals surface area contributed by atoms with Gasteiger partial charge in [-0.3, -0.25) is 4.79 Å². The summed E-state index contributed by atoms with van der Waals surface area (Å²) in [5.41, 5.74) is 2.78. The van der Waals surface area contributed by atoms with E-state index in [-0.39, 0.29) is 12.5 Å². The van der Waals surface area contributed by atoms with Crippen molar-refractivity contribution >= 4 is 27.3 Å². The second-order valence-corrected chi connectivity index (χ2v) is 8.98. The number of nitrogens with one attached hydrogen (secondary N) is 1. The number of hydrogen-bond donors (Lipinski definition) is 1. The molecule has 0 aliphatic carbocycles. The topological polar surface area (TPSA) is 69.7 Å². The first-order chi connectivity index (χ1) is 12.1. The molecule has 1 aromatic carbocycles. The van der Waals surface area contributed by atoms with Gasteiger partial charge < -0.3 is 10.2 Å². The van der Waals surface area contributed by atoms with Gasteiger partial charge in [-0.05, 0) is 56.9 Å². The van der Waals surface area contributed by atoms with Crippen LogP contribution in [0, 0.1) is 12.8 Å². The van der Waals surface area contributed by atoms with Crippen molar-refractivity contribution in [3.8, 4) is 0 Å². The number of carbonyl (C=O) groups excluding carboxylic acids is 1. The zero-order chi connectivity index (χ0) is 19.9. The summed E-state index contributed by atoms with van der Waals surface area (Å²) in [5, 5.41) is 2.84. The van der Waals surface area contributed by atoms with Crippen LogP contribution in [0.2, 0.25) is 0 Å². The molecule has 0 saturated carbocycles. The van der Waals surface area contributed by atoms with Crippen LogP contribution in [0.5, 0.6) is 0 Å². The molecule has 1 aromatic rings. The van der Waals surface area contributed by atoms with E-state index in [4.69, 9.17) is 0 Å². The largest absolute Gasteiger partial charge is 0.372 e. The fraction of sp³-hybridized carbons (Fsp3) is 0.632. The van der Waals surface area contributed by atoms with Crippen molar-refractivity contribution in [3.05, 3.63) is 23.8 Å². The molecule has 0 aromatic heterocycles. The van der Waals surface area contributed by atoms with Crippen LogP contribution >= 0.6 is 0 Å². The van der Waals surface area contributed by atoms with Gasteiger partial charge in [-0.15, -0.1) is 0 Å². The Hall–Kier alpha value is -1.60. The Morgan fingerprint density at radius 3 is 2.27 bits per heavy atom. The lowest BCUT2D eigenvalue weighted by Crippen LogP contribution is -2.38. The van der Waals surface area contributed by atoms with Gasteiger partial charge in [0.25, 0.3) is 0 Å². The second-order valence-electron chi connectivity index (χ2n) is 7.00. The minimum Gasteiger partial charge on any atom is -0.372 e. The second kappa shape index (κ2) is 9.92. The third-order valence-electron chi connectivity index (χ3n) is 4.36. The first-order valence-corrected chi connectivity index (χ1v) is 11.0. The third-order valence-corrected chi connectivity index (χ3v) is 5.61. The lowest BCUT2D eigenvalue weighted by Gasteiger charge is -2.23. The number of amides is 1. The molecule has 26 heavy (non-hydrogen) atoms. The quantitative estimate of drug-likeness (QED) is 0.674. The van der Waals surface area contributed by atoms with Crippen molar-refractivity contribution < 1.29 is 13.2 Å². The zero-order valence-corrected chi connectivity index (χ0v) is 17.7. The van der Waals surface area contributed by atoms with Crippen molar-refractivity contribution in [3.63, 3.8) is 0 Å². The number of nitrogens with zero attached hydrogens (tertiary/aromatic N) is 2. The summed E-state index contributed by atoms with van der Waals surface area (Å²) in [7, 11) is -3.42. The Morgan fingerprint density at radius 2 is 1.81 bits per heavy atom. The molecule has 1 amide bonds. The molecule has 1 rings (SSSR count). The van der Waals surface area contributed by atoms with Gasteiger partial charge in [-0.1, -0.05) is 13.8 Å². The number of carbonyl (C=O) groups is 1. The van der Waals surface area contributed by atoms with Crippen LogP contribution in [0.25, 0.3) is 0 Å². The molecule has 0 saturated heterocycles. The highest BCUT2D eigenvalue weighted by molar-refractivity contribution is 7.88. The standard InChI is InChI=1S/C19H33N3O3S/c1-7-21(8-2)17-9-10-18(16(5)13-17)20-19(23)14-22(26(6,24)25)12-11-15(3)4/h9-10,13,15H,7-8,11-12,14H2,1-6H3,(H,20,23). The summed E-state index contributed by atoms with van der Waals surface area (Å²) < 4.78 is 25.1. The summed E-state index contributed by atoms with van der Waals surface area (Å²) >= 11 is 0. The van der Waals surface area contributed by atoms with E-state index >= 15 is 0 Å². The average Bonchev–Trinajstić information content (AvgIpc) is 2.53. The van der Waals surface area contributed by atoms with E-state index in [9.17, 15) is 13.2 Å². The van der Waals surface area contributed by atoms with Crippen molar-refractivity contribution in [2.24, 2.45) is 5.92 Å². The predicted octanol–water partition coefficient (Wildman–Crippen LogP) is 3.09. The lowest BCUT2D eigenvalue weighted by molar-refractivity contribution is -0.116. The molecule has 0 aliphatic rings. The number of sulfonamides is 1. The van der Waals surface area contributed by atoms with E-state index < -0.39 is 10.0 Å². The normalized spacial score (nSPS) is 11.8. The van der Waals surface area contributed by atoms with Gasteiger partial charge in [0.1, 0.15) is 0 Å². The van der Waals surface area contributed by atoms with Crippen LogP contribution in [-0.4, -0.2) is 51.1 Å². The maximum atomic E-state index is 12.4. The smallest absolute Gasteiger partial charge is 0.239 e. The maximum Gasteiger partial charge on any atom is 0.239 e. The highest BCUT2D eigenvalue weighted by Gasteiger charge is 2.20. The van der Waals surface area contributed by atoms with Gasteiger partial charge in [-0.2, -0.15) is 4.31 Å². The number of hydrogen-bond acceptors (Lipinski definition) is 4. The Balaban J connectivity index is 2.82. The summed E-state index contributed by atoms with van der Waals surface area (Å²) in [6.07, 6.45) is 1.86. The van der Waals surface area contributed by atoms with E-state index in [0.29, 0.717) is 18.2 Å². The number of rotatable bonds is 10. The first-order valence-electron chi connectivity index (χ1n) is 9.19. The van der Waals surface area contributed by atoms with Gasteiger partial charge in [0.15, 0.2) is 0 Å². The van der Waals surface area contributed by atoms with E-state index in [1.807, 2.05) is 39.0 Å². The van der Waals surface area contributed by atoms with E-state index in [1.165, 1.54) is 4.31 Å². The fourth-order valence-electron chi connectivity index (χ4n) is 2.69. The van der Waals surface area contributed by atoms with Crippen LogP contribution in [0.15, 0.2) is 18.2 Å². The minimum atomic E-state index is -3.42. The van der Waals surface area contributed by atoms with Crippen LogP contribution in [0.4, 0.5) is 11.4 Å².